The molecular weight excluding hydrogens is 423 g/mol. The van der Waals surface area contributed by atoms with Crippen molar-refractivity contribution in [1.82, 2.24) is 15.4 Å². The van der Waals surface area contributed by atoms with Crippen molar-refractivity contribution in [2.45, 2.75) is 24.9 Å². The van der Waals surface area contributed by atoms with Crippen LogP contribution in [0.25, 0.3) is 12.2 Å². The fourth-order valence-electron chi connectivity index (χ4n) is 3.53. The van der Waals surface area contributed by atoms with Gasteiger partial charge in [-0.1, -0.05) is 24.3 Å². The molecular formula is C23H22F3N3O3. The number of nitrogens with zero attached hydrogens (tertiary/aromatic N) is 2. The molecule has 1 aromatic carbocycles. The second kappa shape index (κ2) is 10.2. The molecule has 0 radical (unpaired) electrons. The van der Waals surface area contributed by atoms with Gasteiger partial charge < -0.3 is 4.90 Å². The number of alkyl halides is 3. The van der Waals surface area contributed by atoms with Crippen molar-refractivity contribution < 1.29 is 28.0 Å². The van der Waals surface area contributed by atoms with Crippen LogP contribution in [0.3, 0.4) is 0 Å². The van der Waals surface area contributed by atoms with Gasteiger partial charge in [0.05, 0.1) is 17.0 Å². The number of benzene rings is 1. The lowest BCUT2D eigenvalue weighted by Gasteiger charge is -2.32. The molecule has 2 amide bonds. The molecule has 0 bridgehead atoms. The zero-order valence-corrected chi connectivity index (χ0v) is 17.0. The van der Waals surface area contributed by atoms with Crippen LogP contribution in [0.15, 0.2) is 54.6 Å². The Morgan fingerprint density at radius 1 is 1.09 bits per heavy atom. The van der Waals surface area contributed by atoms with Crippen molar-refractivity contribution in [2.75, 3.05) is 13.1 Å². The van der Waals surface area contributed by atoms with Crippen LogP contribution in [0.4, 0.5) is 13.2 Å². The fourth-order valence-corrected chi connectivity index (χ4v) is 3.53. The Morgan fingerprint density at radius 2 is 1.78 bits per heavy atom. The van der Waals surface area contributed by atoms with Gasteiger partial charge in [0.1, 0.15) is 0 Å². The van der Waals surface area contributed by atoms with E-state index in [-0.39, 0.29) is 11.8 Å². The first-order valence-electron chi connectivity index (χ1n) is 9.99. The van der Waals surface area contributed by atoms with Crippen molar-refractivity contribution in [3.63, 3.8) is 0 Å². The molecule has 1 atom stereocenters. The fraction of sp³-hybridized carbons (Fsp3) is 0.261. The van der Waals surface area contributed by atoms with E-state index in [4.69, 9.17) is 5.21 Å². The van der Waals surface area contributed by atoms with Gasteiger partial charge in [0.2, 0.25) is 5.91 Å². The summed E-state index contributed by atoms with van der Waals surface area (Å²) in [7, 11) is 0. The Morgan fingerprint density at radius 3 is 2.47 bits per heavy atom. The van der Waals surface area contributed by atoms with Gasteiger partial charge in [-0.2, -0.15) is 13.2 Å². The highest BCUT2D eigenvalue weighted by Crippen LogP contribution is 2.33. The highest BCUT2D eigenvalue weighted by Gasteiger charge is 2.31. The first-order valence-corrected chi connectivity index (χ1v) is 9.99. The molecule has 2 aromatic rings. The number of pyridine rings is 1. The number of carbonyl (C=O) groups excluding carboxylic acids is 2. The Balaban J connectivity index is 1.66. The van der Waals surface area contributed by atoms with E-state index in [0.717, 1.165) is 18.2 Å². The summed E-state index contributed by atoms with van der Waals surface area (Å²) in [6.07, 6.45) is 2.46. The number of hydrogen-bond donors (Lipinski definition) is 2. The lowest BCUT2D eigenvalue weighted by atomic mass is 9.89. The first-order chi connectivity index (χ1) is 15.3. The molecule has 2 heterocycles. The summed E-state index contributed by atoms with van der Waals surface area (Å²) in [4.78, 5) is 29.6. The maximum absolute atomic E-state index is 13.0. The number of aromatic nitrogens is 1. The third-order valence-corrected chi connectivity index (χ3v) is 5.12. The van der Waals surface area contributed by atoms with Gasteiger partial charge >= 0.3 is 6.18 Å². The van der Waals surface area contributed by atoms with Gasteiger partial charge in [0.15, 0.2) is 0 Å². The second-order valence-electron chi connectivity index (χ2n) is 7.38. The van der Waals surface area contributed by atoms with Crippen LogP contribution < -0.4 is 5.48 Å². The summed E-state index contributed by atoms with van der Waals surface area (Å²) in [6, 6.07) is 10.3. The molecule has 9 heteroatoms. The Bertz CT molecular complexity index is 1030. The summed E-state index contributed by atoms with van der Waals surface area (Å²) < 4.78 is 39.1. The van der Waals surface area contributed by atoms with Crippen molar-refractivity contribution in [1.29, 1.82) is 0 Å². The SMILES string of the molecule is O=C(/C=C/c1cccc(/C=C/C(=O)N2CCCC(c3cccc(C(F)(F)F)c3)C2)n1)NO. The lowest BCUT2D eigenvalue weighted by molar-refractivity contribution is -0.137. The number of likely N-dealkylation sites (tertiary alicyclic amines) is 1. The molecule has 32 heavy (non-hydrogen) atoms. The van der Waals surface area contributed by atoms with Crippen LogP contribution in [-0.4, -0.2) is 40.0 Å². The van der Waals surface area contributed by atoms with Crippen molar-refractivity contribution in [3.05, 3.63) is 77.1 Å². The zero-order chi connectivity index (χ0) is 23.1. The number of hydroxylamine groups is 1. The number of halogens is 3. The number of amides is 2. The second-order valence-corrected chi connectivity index (χ2v) is 7.38. The number of hydrogen-bond acceptors (Lipinski definition) is 4. The van der Waals surface area contributed by atoms with Gasteiger partial charge in [-0.05, 0) is 48.8 Å². The number of nitrogens with one attached hydrogen (secondary N) is 1. The standard InChI is InChI=1S/C23H22F3N3O3/c24-23(25,26)18-6-1-4-16(14-18)17-5-3-13-29(15-17)22(31)12-10-20-8-2-7-19(27-20)9-11-21(30)28-32/h1-2,4,6-12,14,17,32H,3,5,13,15H2,(H,28,30)/b11-9+,12-10+. The molecule has 1 aliphatic heterocycles. The summed E-state index contributed by atoms with van der Waals surface area (Å²) >= 11 is 0. The Kier molecular flexibility index (Phi) is 7.42. The minimum absolute atomic E-state index is 0.160. The van der Waals surface area contributed by atoms with Crippen LogP contribution in [0.1, 0.15) is 41.3 Å². The van der Waals surface area contributed by atoms with Crippen molar-refractivity contribution >= 4 is 24.0 Å². The molecule has 1 aliphatic rings. The minimum atomic E-state index is -4.40. The van der Waals surface area contributed by atoms with Crippen LogP contribution in [-0.2, 0) is 15.8 Å². The third kappa shape index (κ3) is 6.27. The predicted octanol–water partition coefficient (Wildman–Crippen LogP) is 4.04. The zero-order valence-electron chi connectivity index (χ0n) is 17.0. The van der Waals surface area contributed by atoms with E-state index in [1.54, 1.807) is 35.2 Å². The van der Waals surface area contributed by atoms with E-state index >= 15 is 0 Å². The van der Waals surface area contributed by atoms with Crippen LogP contribution in [0.2, 0.25) is 0 Å². The van der Waals surface area contributed by atoms with E-state index in [0.29, 0.717) is 42.9 Å². The van der Waals surface area contributed by atoms with Crippen molar-refractivity contribution in [3.8, 4) is 0 Å². The molecule has 1 unspecified atom stereocenters. The van der Waals surface area contributed by atoms with E-state index in [1.807, 2.05) is 0 Å². The maximum Gasteiger partial charge on any atom is 0.416 e. The van der Waals surface area contributed by atoms with Crippen LogP contribution in [0, 0.1) is 0 Å². The molecule has 1 saturated heterocycles. The van der Waals surface area contributed by atoms with Gasteiger partial charge in [-0.15, -0.1) is 0 Å². The minimum Gasteiger partial charge on any atom is -0.339 e. The molecule has 1 fully saturated rings. The highest BCUT2D eigenvalue weighted by molar-refractivity contribution is 5.92. The topological polar surface area (TPSA) is 82.5 Å². The monoisotopic (exact) mass is 445 g/mol. The number of piperidine rings is 1. The molecule has 1 aromatic heterocycles. The van der Waals surface area contributed by atoms with Gasteiger partial charge in [0, 0.05) is 31.2 Å². The summed E-state index contributed by atoms with van der Waals surface area (Å²) in [5.41, 5.74) is 2.33. The molecule has 0 spiro atoms. The summed E-state index contributed by atoms with van der Waals surface area (Å²) in [5, 5.41) is 8.50. The molecule has 168 valence electrons. The summed E-state index contributed by atoms with van der Waals surface area (Å²) in [6.45, 7) is 0.877. The molecule has 6 nitrogen and oxygen atoms in total. The molecule has 3 rings (SSSR count). The molecule has 0 saturated carbocycles. The van der Waals surface area contributed by atoms with Gasteiger partial charge in [0.25, 0.3) is 5.91 Å². The average molecular weight is 445 g/mol. The van der Waals surface area contributed by atoms with Crippen molar-refractivity contribution in [2.24, 2.45) is 0 Å². The van der Waals surface area contributed by atoms with Gasteiger partial charge in [-0.3, -0.25) is 14.8 Å². The molecule has 0 aliphatic carbocycles. The number of carbonyl (C=O) groups is 2. The Hall–Kier alpha value is -3.46. The van der Waals surface area contributed by atoms with E-state index in [2.05, 4.69) is 4.98 Å². The normalized spacial score (nSPS) is 17.1. The predicted molar refractivity (Wildman–Crippen MR) is 112 cm³/mol. The molecule has 2 N–H and O–H groups in total. The Labute approximate surface area is 183 Å². The summed E-state index contributed by atoms with van der Waals surface area (Å²) in [5.74, 6) is -1.10. The van der Waals surface area contributed by atoms with Crippen LogP contribution >= 0.6 is 0 Å². The van der Waals surface area contributed by atoms with E-state index in [9.17, 15) is 22.8 Å². The maximum atomic E-state index is 13.0. The first kappa shape index (κ1) is 23.2. The highest BCUT2D eigenvalue weighted by atomic mass is 19.4. The van der Waals surface area contributed by atoms with E-state index < -0.39 is 17.6 Å². The third-order valence-electron chi connectivity index (χ3n) is 5.12. The quantitative estimate of drug-likeness (QED) is 0.414. The van der Waals surface area contributed by atoms with Crippen LogP contribution in [0.5, 0.6) is 0 Å². The van der Waals surface area contributed by atoms with E-state index in [1.165, 1.54) is 23.7 Å². The van der Waals surface area contributed by atoms with Gasteiger partial charge in [-0.25, -0.2) is 10.5 Å². The smallest absolute Gasteiger partial charge is 0.339 e. The average Bonchev–Trinajstić information content (AvgIpc) is 2.81. The largest absolute Gasteiger partial charge is 0.416 e. The lowest BCUT2D eigenvalue weighted by Crippen LogP contribution is -2.38. The number of rotatable bonds is 5.